The molecule has 21 heavy (non-hydrogen) atoms. The van der Waals surface area contributed by atoms with Gasteiger partial charge in [0.15, 0.2) is 0 Å². The molecule has 0 aromatic carbocycles. The molecule has 0 aromatic rings. The van der Waals surface area contributed by atoms with E-state index in [9.17, 15) is 22.8 Å². The van der Waals surface area contributed by atoms with E-state index in [2.05, 4.69) is 12.2 Å². The van der Waals surface area contributed by atoms with Crippen LogP contribution in [0.15, 0.2) is 0 Å². The zero-order valence-electron chi connectivity index (χ0n) is 12.0. The van der Waals surface area contributed by atoms with Crippen molar-refractivity contribution in [3.63, 3.8) is 0 Å². The van der Waals surface area contributed by atoms with Gasteiger partial charge in [0.1, 0.15) is 12.0 Å². The van der Waals surface area contributed by atoms with E-state index < -0.39 is 30.0 Å². The number of rotatable bonds is 2. The Kier molecular flexibility index (Phi) is 4.78. The Labute approximate surface area is 121 Å². The fourth-order valence-electron chi connectivity index (χ4n) is 3.01. The lowest BCUT2D eigenvalue weighted by atomic mass is 9.86. The van der Waals surface area contributed by atoms with Gasteiger partial charge in [-0.2, -0.15) is 13.2 Å². The Morgan fingerprint density at radius 2 is 1.76 bits per heavy atom. The van der Waals surface area contributed by atoms with Crippen LogP contribution in [0.5, 0.6) is 0 Å². The number of nitrogens with one attached hydrogen (secondary N) is 2. The molecule has 0 bridgehead atoms. The number of halogens is 3. The normalized spacial score (nSPS) is 34.2. The van der Waals surface area contributed by atoms with E-state index >= 15 is 0 Å². The molecule has 2 atom stereocenters. The van der Waals surface area contributed by atoms with Crippen molar-refractivity contribution in [1.82, 2.24) is 10.6 Å². The van der Waals surface area contributed by atoms with Gasteiger partial charge in [0.05, 0.1) is 0 Å². The first-order valence-corrected chi connectivity index (χ1v) is 7.45. The summed E-state index contributed by atoms with van der Waals surface area (Å²) in [5.74, 6) is -1.61. The Hall–Kier alpha value is -1.27. The summed E-state index contributed by atoms with van der Waals surface area (Å²) in [4.78, 5) is 23.8. The van der Waals surface area contributed by atoms with E-state index in [1.807, 2.05) is 5.32 Å². The zero-order chi connectivity index (χ0) is 15.6. The highest BCUT2D eigenvalue weighted by molar-refractivity contribution is 6.01. The molecule has 1 saturated heterocycles. The molecule has 0 unspecified atom stereocenters. The van der Waals surface area contributed by atoms with Crippen molar-refractivity contribution in [1.29, 1.82) is 0 Å². The van der Waals surface area contributed by atoms with Gasteiger partial charge in [-0.25, -0.2) is 0 Å². The maximum atomic E-state index is 12.5. The van der Waals surface area contributed by atoms with Gasteiger partial charge in [-0.05, 0) is 44.4 Å². The minimum absolute atomic E-state index is 0.0434. The van der Waals surface area contributed by atoms with Crippen LogP contribution in [-0.4, -0.2) is 30.1 Å². The summed E-state index contributed by atoms with van der Waals surface area (Å²) in [5, 5.41) is 4.72. The maximum absolute atomic E-state index is 12.5. The van der Waals surface area contributed by atoms with E-state index in [0.29, 0.717) is 5.92 Å². The highest BCUT2D eigenvalue weighted by Crippen LogP contribution is 2.29. The second-order valence-electron chi connectivity index (χ2n) is 6.20. The molecular weight excluding hydrogens is 285 g/mol. The van der Waals surface area contributed by atoms with Crippen LogP contribution in [0, 0.1) is 11.8 Å². The summed E-state index contributed by atoms with van der Waals surface area (Å²) in [7, 11) is 0. The molecular formula is C14H21F3N2O2. The van der Waals surface area contributed by atoms with Crippen LogP contribution >= 0.6 is 0 Å². The Bertz CT molecular complexity index is 404. The molecule has 1 saturated carbocycles. The Balaban J connectivity index is 1.85. The summed E-state index contributed by atoms with van der Waals surface area (Å²) in [6.45, 7) is 2.16. The summed E-state index contributed by atoms with van der Waals surface area (Å²) in [6, 6.07) is -1.79. The molecule has 7 heteroatoms. The lowest BCUT2D eigenvalue weighted by molar-refractivity contribution is -0.171. The van der Waals surface area contributed by atoms with Gasteiger partial charge >= 0.3 is 6.18 Å². The largest absolute Gasteiger partial charge is 0.408 e. The van der Waals surface area contributed by atoms with E-state index in [0.717, 1.165) is 25.7 Å². The lowest BCUT2D eigenvalue weighted by Crippen LogP contribution is -2.55. The Morgan fingerprint density at radius 1 is 1.14 bits per heavy atom. The maximum Gasteiger partial charge on any atom is 0.408 e. The van der Waals surface area contributed by atoms with Crippen LogP contribution in [0.2, 0.25) is 0 Å². The van der Waals surface area contributed by atoms with Crippen LogP contribution in [0.25, 0.3) is 0 Å². The van der Waals surface area contributed by atoms with E-state index in [-0.39, 0.29) is 18.9 Å². The van der Waals surface area contributed by atoms with Crippen molar-refractivity contribution in [2.75, 3.05) is 0 Å². The molecule has 2 aliphatic rings. The first kappa shape index (κ1) is 16.1. The molecule has 120 valence electrons. The second-order valence-corrected chi connectivity index (χ2v) is 6.20. The Morgan fingerprint density at radius 3 is 2.29 bits per heavy atom. The fraction of sp³-hybridized carbons (Fsp3) is 0.857. The minimum atomic E-state index is -4.45. The number of hydrogen-bond acceptors (Lipinski definition) is 2. The molecule has 0 radical (unpaired) electrons. The molecule has 0 spiro atoms. The standard InChI is InChI=1S/C14H21F3N2O2/c1-8-2-4-9(5-3-8)18-12(20)10-6-7-11(14(15,16)17)19-13(10)21/h8-11H,2-7H2,1H3,(H,18,20)(H,19,21)/t8?,9?,10-,11+/m0/s1. The predicted molar refractivity (Wildman–Crippen MR) is 70.3 cm³/mol. The number of hydrogen-bond donors (Lipinski definition) is 2. The average Bonchev–Trinajstić information content (AvgIpc) is 2.40. The number of alkyl halides is 3. The van der Waals surface area contributed by atoms with Crippen molar-refractivity contribution in [2.24, 2.45) is 11.8 Å². The highest BCUT2D eigenvalue weighted by atomic mass is 19.4. The van der Waals surface area contributed by atoms with Crippen molar-refractivity contribution >= 4 is 11.8 Å². The molecule has 1 aliphatic heterocycles. The first-order chi connectivity index (χ1) is 9.77. The van der Waals surface area contributed by atoms with Gasteiger partial charge in [-0.1, -0.05) is 6.92 Å². The van der Waals surface area contributed by atoms with Crippen LogP contribution in [0.1, 0.15) is 45.4 Å². The van der Waals surface area contributed by atoms with E-state index in [1.165, 1.54) is 0 Å². The van der Waals surface area contributed by atoms with Crippen molar-refractivity contribution in [3.05, 3.63) is 0 Å². The van der Waals surface area contributed by atoms with Gasteiger partial charge in [0, 0.05) is 6.04 Å². The van der Waals surface area contributed by atoms with Crippen LogP contribution in [-0.2, 0) is 9.59 Å². The van der Waals surface area contributed by atoms with Gasteiger partial charge in [0.25, 0.3) is 0 Å². The topological polar surface area (TPSA) is 58.2 Å². The molecule has 2 amide bonds. The first-order valence-electron chi connectivity index (χ1n) is 7.45. The third-order valence-corrected chi connectivity index (χ3v) is 4.45. The SMILES string of the molecule is CC1CCC(NC(=O)[C@@H]2CC[C@H](C(F)(F)F)NC2=O)CC1. The predicted octanol–water partition coefficient (Wildman–Crippen LogP) is 2.14. The second kappa shape index (κ2) is 6.23. The average molecular weight is 306 g/mol. The molecule has 4 nitrogen and oxygen atoms in total. The lowest BCUT2D eigenvalue weighted by Gasteiger charge is -2.32. The number of piperidine rings is 1. The highest BCUT2D eigenvalue weighted by Gasteiger charge is 2.46. The molecule has 1 aliphatic carbocycles. The van der Waals surface area contributed by atoms with Crippen LogP contribution in [0.3, 0.4) is 0 Å². The quantitative estimate of drug-likeness (QED) is 0.768. The number of amides is 2. The summed E-state index contributed by atoms with van der Waals surface area (Å²) in [6.07, 6.45) is -0.953. The molecule has 2 fully saturated rings. The molecule has 2 N–H and O–H groups in total. The molecule has 2 rings (SSSR count). The zero-order valence-corrected chi connectivity index (χ0v) is 12.0. The molecule has 1 heterocycles. The third kappa shape index (κ3) is 4.11. The van der Waals surface area contributed by atoms with Crippen molar-refractivity contribution in [2.45, 2.75) is 63.7 Å². The third-order valence-electron chi connectivity index (χ3n) is 4.45. The van der Waals surface area contributed by atoms with Crippen molar-refractivity contribution in [3.8, 4) is 0 Å². The van der Waals surface area contributed by atoms with Gasteiger partial charge in [-0.15, -0.1) is 0 Å². The summed E-state index contributed by atoms with van der Waals surface area (Å²) in [5.41, 5.74) is 0. The summed E-state index contributed by atoms with van der Waals surface area (Å²) < 4.78 is 37.6. The number of carbonyl (C=O) groups is 2. The van der Waals surface area contributed by atoms with E-state index in [4.69, 9.17) is 0 Å². The molecule has 0 aromatic heterocycles. The van der Waals surface area contributed by atoms with Crippen LogP contribution < -0.4 is 10.6 Å². The number of carbonyl (C=O) groups excluding carboxylic acids is 2. The minimum Gasteiger partial charge on any atom is -0.353 e. The fourth-order valence-corrected chi connectivity index (χ4v) is 3.01. The van der Waals surface area contributed by atoms with E-state index in [1.54, 1.807) is 0 Å². The van der Waals surface area contributed by atoms with Crippen molar-refractivity contribution < 1.29 is 22.8 Å². The van der Waals surface area contributed by atoms with Gasteiger partial charge in [-0.3, -0.25) is 9.59 Å². The van der Waals surface area contributed by atoms with Gasteiger partial charge < -0.3 is 10.6 Å². The summed E-state index contributed by atoms with van der Waals surface area (Å²) >= 11 is 0. The van der Waals surface area contributed by atoms with Crippen LogP contribution in [0.4, 0.5) is 13.2 Å². The monoisotopic (exact) mass is 306 g/mol. The smallest absolute Gasteiger partial charge is 0.353 e. The van der Waals surface area contributed by atoms with Gasteiger partial charge in [0.2, 0.25) is 11.8 Å².